The first kappa shape index (κ1) is 22.9. The van der Waals surface area contributed by atoms with Gasteiger partial charge in [-0.05, 0) is 73.2 Å². The molecular weight excluding hydrogens is 416 g/mol. The molecule has 0 aromatic heterocycles. The van der Waals surface area contributed by atoms with Crippen LogP contribution in [0, 0.1) is 0 Å². The molecule has 0 saturated carbocycles. The third-order valence-corrected chi connectivity index (χ3v) is 6.77. The van der Waals surface area contributed by atoms with Crippen LogP contribution in [0.5, 0.6) is 11.5 Å². The van der Waals surface area contributed by atoms with Crippen molar-refractivity contribution in [3.05, 3.63) is 59.2 Å². The van der Waals surface area contributed by atoms with Gasteiger partial charge in [0.2, 0.25) is 0 Å². The van der Waals surface area contributed by atoms with E-state index in [1.54, 1.807) is 24.3 Å². The van der Waals surface area contributed by atoms with Gasteiger partial charge in [-0.2, -0.15) is 0 Å². The minimum Gasteiger partial charge on any atom is -0.494 e. The van der Waals surface area contributed by atoms with E-state index in [4.69, 9.17) is 14.2 Å². The average molecular weight is 445 g/mol. The Kier molecular flexibility index (Phi) is 7.74. The highest BCUT2D eigenvalue weighted by atomic mass is 32.2. The van der Waals surface area contributed by atoms with E-state index in [-0.39, 0.29) is 17.1 Å². The minimum atomic E-state index is -3.47. The van der Waals surface area contributed by atoms with Gasteiger partial charge in [0.25, 0.3) is 0 Å². The van der Waals surface area contributed by atoms with Gasteiger partial charge in [-0.25, -0.2) is 13.2 Å². The number of ether oxygens (including phenoxy) is 3. The number of carbonyl (C=O) groups is 1. The maximum Gasteiger partial charge on any atom is 0.333 e. The molecule has 0 fully saturated rings. The van der Waals surface area contributed by atoms with E-state index in [1.165, 1.54) is 12.7 Å². The second kappa shape index (κ2) is 10.5. The highest BCUT2D eigenvalue weighted by Gasteiger charge is 2.25. The van der Waals surface area contributed by atoms with Crippen LogP contribution in [-0.2, 0) is 25.8 Å². The number of fused-ring (bicyclic) bond motifs is 1. The van der Waals surface area contributed by atoms with Gasteiger partial charge >= 0.3 is 5.97 Å². The Morgan fingerprint density at radius 3 is 2.58 bits per heavy atom. The molecule has 0 unspecified atom stereocenters. The summed E-state index contributed by atoms with van der Waals surface area (Å²) in [6, 6.07) is 12.9. The second-order valence-electron chi connectivity index (χ2n) is 7.38. The maximum atomic E-state index is 12.5. The fourth-order valence-electron chi connectivity index (χ4n) is 3.40. The number of sulfone groups is 1. The summed E-state index contributed by atoms with van der Waals surface area (Å²) in [5.41, 5.74) is 1.97. The van der Waals surface area contributed by atoms with Gasteiger partial charge in [0.05, 0.1) is 31.0 Å². The van der Waals surface area contributed by atoms with Crippen LogP contribution in [0.3, 0.4) is 0 Å². The molecule has 0 atom stereocenters. The lowest BCUT2D eigenvalue weighted by molar-refractivity contribution is -0.136. The number of hydrogen-bond acceptors (Lipinski definition) is 6. The highest BCUT2D eigenvalue weighted by Crippen LogP contribution is 2.30. The van der Waals surface area contributed by atoms with E-state index >= 15 is 0 Å². The van der Waals surface area contributed by atoms with Crippen molar-refractivity contribution in [1.82, 2.24) is 0 Å². The summed E-state index contributed by atoms with van der Waals surface area (Å²) < 4.78 is 41.4. The van der Waals surface area contributed by atoms with Crippen molar-refractivity contribution in [3.63, 3.8) is 0 Å². The van der Waals surface area contributed by atoms with Crippen LogP contribution in [0.4, 0.5) is 0 Å². The molecule has 3 rings (SSSR count). The molecule has 0 radical (unpaired) electrons. The predicted molar refractivity (Wildman–Crippen MR) is 119 cm³/mol. The zero-order valence-electron chi connectivity index (χ0n) is 17.9. The van der Waals surface area contributed by atoms with E-state index in [2.05, 4.69) is 13.0 Å². The molecule has 0 bridgehead atoms. The van der Waals surface area contributed by atoms with Crippen molar-refractivity contribution in [1.29, 1.82) is 0 Å². The Balaban J connectivity index is 1.64. The smallest absolute Gasteiger partial charge is 0.333 e. The van der Waals surface area contributed by atoms with Crippen LogP contribution in [0.25, 0.3) is 6.08 Å². The molecular formula is C24H28O6S. The molecule has 2 aromatic rings. The van der Waals surface area contributed by atoms with Gasteiger partial charge in [0.1, 0.15) is 11.5 Å². The summed E-state index contributed by atoms with van der Waals surface area (Å²) in [6.45, 7) is 3.26. The normalized spacial score (nSPS) is 14.7. The molecule has 1 aliphatic rings. The Hall–Kier alpha value is -2.80. The van der Waals surface area contributed by atoms with E-state index < -0.39 is 15.8 Å². The highest BCUT2D eigenvalue weighted by molar-refractivity contribution is 7.91. The zero-order chi connectivity index (χ0) is 22.3. The van der Waals surface area contributed by atoms with E-state index in [0.717, 1.165) is 25.0 Å². The summed E-state index contributed by atoms with van der Waals surface area (Å²) in [7, 11) is -2.18. The molecule has 0 N–H and O–H groups in total. The Morgan fingerprint density at radius 2 is 1.81 bits per heavy atom. The van der Waals surface area contributed by atoms with Crippen LogP contribution in [-0.4, -0.2) is 40.5 Å². The van der Waals surface area contributed by atoms with Gasteiger partial charge in [-0.15, -0.1) is 0 Å². The number of hydrogen-bond donors (Lipinski definition) is 0. The molecule has 31 heavy (non-hydrogen) atoms. The summed E-state index contributed by atoms with van der Waals surface area (Å²) in [4.78, 5) is 12.1. The van der Waals surface area contributed by atoms with Gasteiger partial charge in [0, 0.05) is 5.57 Å². The number of esters is 1. The van der Waals surface area contributed by atoms with Gasteiger partial charge < -0.3 is 14.2 Å². The first-order valence-electron chi connectivity index (χ1n) is 10.4. The standard InChI is InChI=1S/C24H28O6S/c1-3-12-29-21-8-4-6-18(15-21)7-5-13-30-22-9-10-23-20(17-22)16-19(24(25)28-2)11-14-31(23,26)27/h4,6,8-10,15-17H,3,5,7,11-14H2,1-2H3. The van der Waals surface area contributed by atoms with Crippen molar-refractivity contribution in [2.75, 3.05) is 26.1 Å². The summed E-state index contributed by atoms with van der Waals surface area (Å²) >= 11 is 0. The molecule has 166 valence electrons. The van der Waals surface area contributed by atoms with Crippen molar-refractivity contribution >= 4 is 21.9 Å². The number of benzene rings is 2. The van der Waals surface area contributed by atoms with Crippen molar-refractivity contribution in [2.24, 2.45) is 0 Å². The number of rotatable bonds is 9. The Morgan fingerprint density at radius 1 is 1.03 bits per heavy atom. The third kappa shape index (κ3) is 6.10. The van der Waals surface area contributed by atoms with Gasteiger partial charge in [0.15, 0.2) is 9.84 Å². The fourth-order valence-corrected chi connectivity index (χ4v) is 4.86. The van der Waals surface area contributed by atoms with E-state index in [0.29, 0.717) is 30.1 Å². The topological polar surface area (TPSA) is 78.9 Å². The molecule has 7 heteroatoms. The minimum absolute atomic E-state index is 0.123. The monoisotopic (exact) mass is 444 g/mol. The number of methoxy groups -OCH3 is 1. The Bertz CT molecular complexity index is 1060. The average Bonchev–Trinajstić information content (AvgIpc) is 2.90. The molecule has 6 nitrogen and oxygen atoms in total. The number of carbonyl (C=O) groups excluding carboxylic acids is 1. The lowest BCUT2D eigenvalue weighted by atomic mass is 10.1. The zero-order valence-corrected chi connectivity index (χ0v) is 18.7. The summed E-state index contributed by atoms with van der Waals surface area (Å²) in [5.74, 6) is 0.804. The van der Waals surface area contributed by atoms with Gasteiger partial charge in [-0.1, -0.05) is 19.1 Å². The largest absolute Gasteiger partial charge is 0.494 e. The quantitative estimate of drug-likeness (QED) is 0.426. The molecule has 0 spiro atoms. The van der Waals surface area contributed by atoms with Crippen molar-refractivity contribution in [3.8, 4) is 11.5 Å². The van der Waals surface area contributed by atoms with Crippen molar-refractivity contribution in [2.45, 2.75) is 37.5 Å². The molecule has 2 aromatic carbocycles. The van der Waals surface area contributed by atoms with E-state index in [1.807, 2.05) is 18.2 Å². The maximum absolute atomic E-state index is 12.5. The lowest BCUT2D eigenvalue weighted by Crippen LogP contribution is -2.10. The predicted octanol–water partition coefficient (Wildman–Crippen LogP) is 4.22. The lowest BCUT2D eigenvalue weighted by Gasteiger charge is -2.10. The molecule has 1 aliphatic heterocycles. The molecule has 0 saturated heterocycles. The molecule has 1 heterocycles. The summed E-state index contributed by atoms with van der Waals surface area (Å²) in [5, 5.41) is 0. The number of aryl methyl sites for hydroxylation is 1. The van der Waals surface area contributed by atoms with Gasteiger partial charge in [-0.3, -0.25) is 0 Å². The van der Waals surface area contributed by atoms with Crippen LogP contribution in [0.15, 0.2) is 52.9 Å². The van der Waals surface area contributed by atoms with Crippen LogP contribution in [0.1, 0.15) is 37.3 Å². The van der Waals surface area contributed by atoms with Crippen LogP contribution < -0.4 is 9.47 Å². The van der Waals surface area contributed by atoms with Crippen molar-refractivity contribution < 1.29 is 27.4 Å². The SMILES string of the molecule is CCCOc1cccc(CCCOc2ccc3c(c2)C=C(C(=O)OC)CCS3(=O)=O)c1. The first-order valence-corrected chi connectivity index (χ1v) is 12.1. The third-order valence-electron chi connectivity index (χ3n) is 4.98. The fraction of sp³-hybridized carbons (Fsp3) is 0.375. The Labute approximate surface area is 183 Å². The molecule has 0 amide bonds. The van der Waals surface area contributed by atoms with Crippen LogP contribution >= 0.6 is 0 Å². The molecule has 0 aliphatic carbocycles. The van der Waals surface area contributed by atoms with E-state index in [9.17, 15) is 13.2 Å². The summed E-state index contributed by atoms with van der Waals surface area (Å²) in [6.07, 6.45) is 4.32. The first-order chi connectivity index (χ1) is 14.9. The van der Waals surface area contributed by atoms with Crippen LogP contribution in [0.2, 0.25) is 0 Å². The second-order valence-corrected chi connectivity index (χ2v) is 9.46.